The number of ether oxygens (including phenoxy) is 1. The molecule has 0 aliphatic carbocycles. The van der Waals surface area contributed by atoms with E-state index < -0.39 is 23.2 Å². The van der Waals surface area contributed by atoms with E-state index in [9.17, 15) is 22.8 Å². The minimum absolute atomic E-state index is 0.206. The van der Waals surface area contributed by atoms with Gasteiger partial charge < -0.3 is 4.74 Å². The molecule has 20 heavy (non-hydrogen) atoms. The quantitative estimate of drug-likeness (QED) is 0.378. The maximum Gasteiger partial charge on any atom is 0.491 e. The molecule has 0 aliphatic rings. The Balaban J connectivity index is 2.30. The fourth-order valence-corrected chi connectivity index (χ4v) is 2.16. The normalized spacial score (nSPS) is 11.4. The Morgan fingerprint density at radius 1 is 1.35 bits per heavy atom. The Labute approximate surface area is 113 Å². The van der Waals surface area contributed by atoms with Crippen LogP contribution in [0, 0.1) is 0 Å². The first kappa shape index (κ1) is 14.2. The fraction of sp³-hybridized carbons (Fsp3) is 0.100. The van der Waals surface area contributed by atoms with Crippen LogP contribution in [0.2, 0.25) is 0 Å². The summed E-state index contributed by atoms with van der Waals surface area (Å²) in [7, 11) is 0. The Morgan fingerprint density at radius 2 is 2.05 bits per heavy atom. The fourth-order valence-electron chi connectivity index (χ4n) is 1.31. The Morgan fingerprint density at radius 3 is 2.65 bits per heavy atom. The number of hydrogen-bond acceptors (Lipinski definition) is 6. The monoisotopic (exact) mass is 305 g/mol. The van der Waals surface area contributed by atoms with Gasteiger partial charge in [-0.05, 0) is 18.2 Å². The van der Waals surface area contributed by atoms with Crippen molar-refractivity contribution in [3.05, 3.63) is 23.8 Å². The van der Waals surface area contributed by atoms with Gasteiger partial charge >= 0.3 is 12.1 Å². The lowest BCUT2D eigenvalue weighted by molar-refractivity contribution is -0.189. The van der Waals surface area contributed by atoms with Crippen molar-refractivity contribution in [2.24, 2.45) is 5.84 Å². The van der Waals surface area contributed by atoms with Crippen LogP contribution in [0.1, 0.15) is 10.4 Å². The number of nitrogens with zero attached hydrogens (tertiary/aromatic N) is 1. The van der Waals surface area contributed by atoms with E-state index in [0.29, 0.717) is 21.6 Å². The highest BCUT2D eigenvalue weighted by atomic mass is 32.1. The van der Waals surface area contributed by atoms with E-state index in [2.05, 4.69) is 9.72 Å². The van der Waals surface area contributed by atoms with E-state index >= 15 is 0 Å². The molecule has 0 unspecified atom stereocenters. The summed E-state index contributed by atoms with van der Waals surface area (Å²) in [5, 5.41) is -0.451. The average Bonchev–Trinajstić information content (AvgIpc) is 2.77. The number of rotatable bonds is 2. The number of carbonyl (C=O) groups is 2. The first-order valence-electron chi connectivity index (χ1n) is 5.02. The number of hydrogen-bond donors (Lipinski definition) is 2. The molecule has 6 nitrogen and oxygen atoms in total. The number of nitrogen functional groups attached to an aromatic ring is 1. The molecule has 0 saturated carbocycles. The first-order valence-corrected chi connectivity index (χ1v) is 5.83. The number of nitrogens with two attached hydrogens (primary N) is 1. The van der Waals surface area contributed by atoms with E-state index in [0.717, 1.165) is 0 Å². The van der Waals surface area contributed by atoms with Crippen molar-refractivity contribution in [2.45, 2.75) is 6.18 Å². The van der Waals surface area contributed by atoms with Gasteiger partial charge in [-0.1, -0.05) is 11.3 Å². The van der Waals surface area contributed by atoms with Crippen molar-refractivity contribution >= 4 is 33.4 Å². The van der Waals surface area contributed by atoms with Crippen LogP contribution >= 0.6 is 11.3 Å². The summed E-state index contributed by atoms with van der Waals surface area (Å²) in [5.41, 5.74) is 2.42. The smallest absolute Gasteiger partial charge is 0.391 e. The molecule has 0 radical (unpaired) electrons. The molecule has 0 saturated heterocycles. The van der Waals surface area contributed by atoms with Gasteiger partial charge in [-0.15, -0.1) is 0 Å². The molecule has 1 aromatic carbocycles. The van der Waals surface area contributed by atoms with Gasteiger partial charge in [0.2, 0.25) is 0 Å². The number of halogens is 3. The number of hydrazine groups is 1. The summed E-state index contributed by atoms with van der Waals surface area (Å²) < 4.78 is 40.6. The third-order valence-electron chi connectivity index (χ3n) is 2.17. The molecule has 3 N–H and O–H groups in total. The minimum atomic E-state index is -5.09. The van der Waals surface area contributed by atoms with Crippen LogP contribution < -0.4 is 16.0 Å². The number of fused-ring (bicyclic) bond motifs is 1. The number of amides is 1. The van der Waals surface area contributed by atoms with Crippen molar-refractivity contribution in [1.82, 2.24) is 10.4 Å². The highest BCUT2D eigenvalue weighted by molar-refractivity contribution is 7.20. The maximum atomic E-state index is 12.0. The predicted octanol–water partition coefficient (Wildman–Crippen LogP) is 1.37. The number of benzene rings is 1. The van der Waals surface area contributed by atoms with Crippen LogP contribution in [0.5, 0.6) is 5.19 Å². The van der Waals surface area contributed by atoms with Gasteiger partial charge in [0.25, 0.3) is 11.1 Å². The Bertz CT molecular complexity index is 683. The zero-order valence-electron chi connectivity index (χ0n) is 9.52. The van der Waals surface area contributed by atoms with Crippen molar-refractivity contribution in [1.29, 1.82) is 0 Å². The van der Waals surface area contributed by atoms with E-state index in [1.54, 1.807) is 0 Å². The van der Waals surface area contributed by atoms with Crippen LogP contribution in [0.25, 0.3) is 10.2 Å². The SMILES string of the molecule is NNC(=O)c1ccc2nc(OC(=O)C(F)(F)F)sc2c1. The number of thiazole rings is 1. The van der Waals surface area contributed by atoms with Crippen molar-refractivity contribution < 1.29 is 27.5 Å². The average molecular weight is 305 g/mol. The highest BCUT2D eigenvalue weighted by Crippen LogP contribution is 2.30. The molecule has 106 valence electrons. The number of esters is 1. The second-order valence-corrected chi connectivity index (χ2v) is 4.52. The molecular weight excluding hydrogens is 299 g/mol. The Kier molecular flexibility index (Phi) is 3.59. The summed E-state index contributed by atoms with van der Waals surface area (Å²) in [6.07, 6.45) is -5.09. The van der Waals surface area contributed by atoms with Crippen molar-refractivity contribution in [3.63, 3.8) is 0 Å². The molecule has 1 heterocycles. The van der Waals surface area contributed by atoms with Crippen molar-refractivity contribution in [3.8, 4) is 5.19 Å². The van der Waals surface area contributed by atoms with Gasteiger partial charge in [0, 0.05) is 5.56 Å². The largest absolute Gasteiger partial charge is 0.491 e. The van der Waals surface area contributed by atoms with E-state index in [4.69, 9.17) is 5.84 Å². The third-order valence-corrected chi connectivity index (χ3v) is 3.07. The second kappa shape index (κ2) is 5.06. The lowest BCUT2D eigenvalue weighted by Crippen LogP contribution is -2.29. The number of aromatic nitrogens is 1. The highest BCUT2D eigenvalue weighted by Gasteiger charge is 2.42. The number of alkyl halides is 3. The molecule has 1 aromatic heterocycles. The molecule has 0 bridgehead atoms. The van der Waals surface area contributed by atoms with Crippen LogP contribution in [-0.4, -0.2) is 23.0 Å². The van der Waals surface area contributed by atoms with E-state index in [1.165, 1.54) is 18.2 Å². The lowest BCUT2D eigenvalue weighted by atomic mass is 10.2. The summed E-state index contributed by atoms with van der Waals surface area (Å²) in [5.74, 6) is 2.05. The van der Waals surface area contributed by atoms with Gasteiger partial charge in [-0.3, -0.25) is 10.2 Å². The van der Waals surface area contributed by atoms with Gasteiger partial charge in [-0.2, -0.15) is 13.2 Å². The van der Waals surface area contributed by atoms with Crippen LogP contribution in [-0.2, 0) is 4.79 Å². The maximum absolute atomic E-state index is 12.0. The molecule has 2 aromatic rings. The van der Waals surface area contributed by atoms with Crippen LogP contribution in [0.4, 0.5) is 13.2 Å². The summed E-state index contributed by atoms with van der Waals surface area (Å²) in [4.78, 5) is 25.7. The first-order chi connectivity index (χ1) is 9.31. The van der Waals surface area contributed by atoms with Gasteiger partial charge in [0.05, 0.1) is 10.2 Å². The summed E-state index contributed by atoms with van der Waals surface area (Å²) in [6.45, 7) is 0. The van der Waals surface area contributed by atoms with E-state index in [1.807, 2.05) is 5.43 Å². The van der Waals surface area contributed by atoms with Crippen LogP contribution in [0.15, 0.2) is 18.2 Å². The molecule has 10 heteroatoms. The molecule has 0 aliphatic heterocycles. The lowest BCUT2D eigenvalue weighted by Gasteiger charge is -2.02. The Hall–Kier alpha value is -2.20. The second-order valence-electron chi connectivity index (χ2n) is 3.52. The zero-order valence-corrected chi connectivity index (χ0v) is 10.3. The standard InChI is InChI=1S/C10H6F3N3O3S/c11-10(12,13)8(18)19-9-15-5-2-1-4(7(17)16-14)3-6(5)20-9/h1-3H,14H2,(H,16,17). The van der Waals surface area contributed by atoms with Gasteiger partial charge in [0.15, 0.2) is 0 Å². The third kappa shape index (κ3) is 2.86. The molecule has 0 atom stereocenters. The van der Waals surface area contributed by atoms with Crippen molar-refractivity contribution in [2.75, 3.05) is 0 Å². The molecule has 2 rings (SSSR count). The molecule has 0 spiro atoms. The zero-order chi connectivity index (χ0) is 14.9. The topological polar surface area (TPSA) is 94.3 Å². The number of carbonyl (C=O) groups excluding carboxylic acids is 2. The van der Waals surface area contributed by atoms with E-state index in [-0.39, 0.29) is 5.56 Å². The van der Waals surface area contributed by atoms with Gasteiger partial charge in [0.1, 0.15) is 0 Å². The predicted molar refractivity (Wildman–Crippen MR) is 63.0 cm³/mol. The summed E-state index contributed by atoms with van der Waals surface area (Å²) >= 11 is 0.709. The molecule has 0 fully saturated rings. The van der Waals surface area contributed by atoms with Crippen LogP contribution in [0.3, 0.4) is 0 Å². The van der Waals surface area contributed by atoms with Gasteiger partial charge in [-0.25, -0.2) is 15.6 Å². The number of nitrogens with one attached hydrogen (secondary N) is 1. The summed E-state index contributed by atoms with van der Waals surface area (Å²) in [6, 6.07) is 4.17. The molecular formula is C10H6F3N3O3S. The minimum Gasteiger partial charge on any atom is -0.391 e. The molecule has 1 amide bonds.